The van der Waals surface area contributed by atoms with E-state index >= 15 is 0 Å². The smallest absolute Gasteiger partial charge is 0.257 e. The lowest BCUT2D eigenvalue weighted by atomic mass is 9.83. The van der Waals surface area contributed by atoms with Crippen LogP contribution in [0.2, 0.25) is 0 Å². The lowest BCUT2D eigenvalue weighted by Crippen LogP contribution is -2.57. The zero-order chi connectivity index (χ0) is 17.3. The largest absolute Gasteiger partial charge is 0.466 e. The summed E-state index contributed by atoms with van der Waals surface area (Å²) in [4.78, 5) is 29.0. The van der Waals surface area contributed by atoms with Gasteiger partial charge in [-0.1, -0.05) is 0 Å². The maximum atomic E-state index is 12.8. The molecule has 0 aromatic carbocycles. The molecule has 0 aliphatic carbocycles. The normalized spacial score (nSPS) is 24.2. The van der Waals surface area contributed by atoms with E-state index in [0.717, 1.165) is 38.1 Å². The van der Waals surface area contributed by atoms with Crippen molar-refractivity contribution in [3.8, 4) is 0 Å². The third-order valence-corrected chi connectivity index (χ3v) is 5.31. The summed E-state index contributed by atoms with van der Waals surface area (Å²) in [5, 5.41) is 0. The molecule has 2 amide bonds. The van der Waals surface area contributed by atoms with Gasteiger partial charge in [-0.15, -0.1) is 0 Å². The Labute approximate surface area is 143 Å². The van der Waals surface area contributed by atoms with E-state index in [-0.39, 0.29) is 17.9 Å². The first kappa shape index (κ1) is 17.0. The molecule has 1 aromatic heterocycles. The fourth-order valence-electron chi connectivity index (χ4n) is 4.10. The molecule has 0 unspecified atom stereocenters. The number of amides is 2. The van der Waals surface area contributed by atoms with E-state index < -0.39 is 0 Å². The van der Waals surface area contributed by atoms with Crippen LogP contribution in [0.15, 0.2) is 10.5 Å². The molecule has 2 atom stereocenters. The van der Waals surface area contributed by atoms with Crippen LogP contribution in [0.25, 0.3) is 0 Å². The number of likely N-dealkylation sites (tertiary alicyclic amines) is 2. The Morgan fingerprint density at radius 1 is 1.38 bits per heavy atom. The molecule has 0 spiro atoms. The van der Waals surface area contributed by atoms with E-state index in [9.17, 15) is 9.59 Å². The lowest BCUT2D eigenvalue weighted by molar-refractivity contribution is -0.140. The SMILES string of the molecule is Cc1cc(C(=O)N2CC[C@@H]3[C@@H](CCC(=O)N3CCCN)C2)c(C)o1. The molecule has 2 saturated heterocycles. The second-order valence-electron chi connectivity index (χ2n) is 6.96. The summed E-state index contributed by atoms with van der Waals surface area (Å²) in [7, 11) is 0. The highest BCUT2D eigenvalue weighted by molar-refractivity contribution is 5.95. The van der Waals surface area contributed by atoms with E-state index in [2.05, 4.69) is 0 Å². The molecule has 6 heteroatoms. The highest BCUT2D eigenvalue weighted by atomic mass is 16.3. The van der Waals surface area contributed by atoms with Crippen molar-refractivity contribution in [2.24, 2.45) is 11.7 Å². The fraction of sp³-hybridized carbons (Fsp3) is 0.667. The van der Waals surface area contributed by atoms with Gasteiger partial charge in [0, 0.05) is 32.1 Å². The summed E-state index contributed by atoms with van der Waals surface area (Å²) >= 11 is 0. The molecule has 2 fully saturated rings. The Morgan fingerprint density at radius 2 is 2.17 bits per heavy atom. The zero-order valence-electron chi connectivity index (χ0n) is 14.6. The number of nitrogens with zero attached hydrogens (tertiary/aromatic N) is 2. The molecule has 3 rings (SSSR count). The number of aryl methyl sites for hydroxylation is 2. The average molecular weight is 333 g/mol. The van der Waals surface area contributed by atoms with E-state index in [0.29, 0.717) is 36.8 Å². The Morgan fingerprint density at radius 3 is 2.83 bits per heavy atom. The van der Waals surface area contributed by atoms with Gasteiger partial charge in [0.2, 0.25) is 5.91 Å². The summed E-state index contributed by atoms with van der Waals surface area (Å²) in [6, 6.07) is 2.08. The molecule has 2 aliphatic heterocycles. The first-order valence-electron chi connectivity index (χ1n) is 8.87. The topological polar surface area (TPSA) is 79.8 Å². The number of furan rings is 1. The summed E-state index contributed by atoms with van der Waals surface area (Å²) in [5.74, 6) is 2.11. The number of hydrogen-bond acceptors (Lipinski definition) is 4. The van der Waals surface area contributed by atoms with Crippen molar-refractivity contribution in [1.29, 1.82) is 0 Å². The van der Waals surface area contributed by atoms with Crippen LogP contribution in [0.4, 0.5) is 0 Å². The van der Waals surface area contributed by atoms with Crippen LogP contribution in [0.3, 0.4) is 0 Å². The monoisotopic (exact) mass is 333 g/mol. The van der Waals surface area contributed by atoms with Gasteiger partial charge < -0.3 is 20.0 Å². The summed E-state index contributed by atoms with van der Waals surface area (Å²) < 4.78 is 5.50. The summed E-state index contributed by atoms with van der Waals surface area (Å²) in [6.45, 7) is 6.45. The summed E-state index contributed by atoms with van der Waals surface area (Å²) in [6.07, 6.45) is 3.14. The molecule has 3 heterocycles. The van der Waals surface area contributed by atoms with Crippen LogP contribution < -0.4 is 5.73 Å². The third kappa shape index (κ3) is 3.20. The average Bonchev–Trinajstić information content (AvgIpc) is 2.91. The second kappa shape index (κ2) is 6.97. The molecule has 132 valence electrons. The molecular formula is C18H27N3O3. The molecule has 2 aliphatic rings. The van der Waals surface area contributed by atoms with Gasteiger partial charge in [-0.3, -0.25) is 9.59 Å². The number of nitrogens with two attached hydrogens (primary N) is 1. The predicted molar refractivity (Wildman–Crippen MR) is 90.6 cm³/mol. The van der Waals surface area contributed by atoms with Gasteiger partial charge in [0.25, 0.3) is 5.91 Å². The Kier molecular flexibility index (Phi) is 4.94. The number of carbonyl (C=O) groups excluding carboxylic acids is 2. The summed E-state index contributed by atoms with van der Waals surface area (Å²) in [5.41, 5.74) is 6.27. The minimum absolute atomic E-state index is 0.0493. The van der Waals surface area contributed by atoms with Gasteiger partial charge in [-0.25, -0.2) is 0 Å². The van der Waals surface area contributed by atoms with E-state index in [4.69, 9.17) is 10.2 Å². The van der Waals surface area contributed by atoms with Crippen LogP contribution >= 0.6 is 0 Å². The molecule has 24 heavy (non-hydrogen) atoms. The lowest BCUT2D eigenvalue weighted by Gasteiger charge is -2.47. The van der Waals surface area contributed by atoms with Crippen LogP contribution in [-0.4, -0.2) is 53.8 Å². The Bertz CT molecular complexity index is 625. The van der Waals surface area contributed by atoms with Crippen LogP contribution in [0, 0.1) is 19.8 Å². The first-order chi connectivity index (χ1) is 11.5. The van der Waals surface area contributed by atoms with E-state index in [1.54, 1.807) is 0 Å². The molecule has 1 aromatic rings. The second-order valence-corrected chi connectivity index (χ2v) is 6.96. The van der Waals surface area contributed by atoms with E-state index in [1.165, 1.54) is 0 Å². The number of fused-ring (bicyclic) bond motifs is 1. The highest BCUT2D eigenvalue weighted by Gasteiger charge is 2.40. The van der Waals surface area contributed by atoms with Crippen molar-refractivity contribution in [1.82, 2.24) is 9.80 Å². The fourth-order valence-corrected chi connectivity index (χ4v) is 4.10. The standard InChI is InChI=1S/C18H27N3O3/c1-12-10-15(13(2)24-12)18(23)20-9-6-16-14(11-20)4-5-17(22)21(16)8-3-7-19/h10,14,16H,3-9,11,19H2,1-2H3/t14-,16+/m0/s1. The van der Waals surface area contributed by atoms with Crippen molar-refractivity contribution in [3.05, 3.63) is 23.2 Å². The van der Waals surface area contributed by atoms with Gasteiger partial charge in [-0.05, 0) is 51.6 Å². The zero-order valence-corrected chi connectivity index (χ0v) is 14.6. The van der Waals surface area contributed by atoms with Gasteiger partial charge in [0.1, 0.15) is 11.5 Å². The first-order valence-corrected chi connectivity index (χ1v) is 8.87. The van der Waals surface area contributed by atoms with Crippen molar-refractivity contribution in [2.75, 3.05) is 26.2 Å². The van der Waals surface area contributed by atoms with Gasteiger partial charge >= 0.3 is 0 Å². The third-order valence-electron chi connectivity index (χ3n) is 5.31. The van der Waals surface area contributed by atoms with Crippen molar-refractivity contribution < 1.29 is 14.0 Å². The number of carbonyl (C=O) groups is 2. The van der Waals surface area contributed by atoms with Crippen LogP contribution in [0.1, 0.15) is 47.6 Å². The quantitative estimate of drug-likeness (QED) is 0.909. The molecule has 0 radical (unpaired) electrons. The van der Waals surface area contributed by atoms with Gasteiger partial charge in [-0.2, -0.15) is 0 Å². The Hall–Kier alpha value is -1.82. The molecule has 2 N–H and O–H groups in total. The number of rotatable bonds is 4. The van der Waals surface area contributed by atoms with Crippen LogP contribution in [-0.2, 0) is 4.79 Å². The van der Waals surface area contributed by atoms with Crippen molar-refractivity contribution in [3.63, 3.8) is 0 Å². The predicted octanol–water partition coefficient (Wildman–Crippen LogP) is 1.70. The molecule has 0 saturated carbocycles. The minimum Gasteiger partial charge on any atom is -0.466 e. The van der Waals surface area contributed by atoms with Gasteiger partial charge in [0.15, 0.2) is 0 Å². The number of hydrogen-bond donors (Lipinski definition) is 1. The minimum atomic E-state index is 0.0493. The number of piperidine rings is 2. The highest BCUT2D eigenvalue weighted by Crippen LogP contribution is 2.32. The molecule has 0 bridgehead atoms. The van der Waals surface area contributed by atoms with Gasteiger partial charge in [0.05, 0.1) is 5.56 Å². The van der Waals surface area contributed by atoms with E-state index in [1.807, 2.05) is 29.7 Å². The molecular weight excluding hydrogens is 306 g/mol. The van der Waals surface area contributed by atoms with Crippen LogP contribution in [0.5, 0.6) is 0 Å². The molecule has 6 nitrogen and oxygen atoms in total. The maximum absolute atomic E-state index is 12.8. The van der Waals surface area contributed by atoms with Crippen molar-refractivity contribution in [2.45, 2.75) is 45.6 Å². The van der Waals surface area contributed by atoms with Crippen molar-refractivity contribution >= 4 is 11.8 Å². The maximum Gasteiger partial charge on any atom is 0.257 e. The Balaban J connectivity index is 1.69.